The maximum Gasteiger partial charge on any atom is 0.0616 e. The standard InChI is InChI=1S/C13H25N3O/c17-11-13(16-8-4-14-5-9-16)3-7-15-6-1-2-12(15)10-13/h12,14,17H,1-11H2. The highest BCUT2D eigenvalue weighted by molar-refractivity contribution is 5.01. The van der Waals surface area contributed by atoms with Gasteiger partial charge in [-0.25, -0.2) is 0 Å². The van der Waals surface area contributed by atoms with E-state index in [0.29, 0.717) is 6.61 Å². The minimum Gasteiger partial charge on any atom is -0.394 e. The Morgan fingerprint density at radius 3 is 2.76 bits per heavy atom. The van der Waals surface area contributed by atoms with E-state index in [4.69, 9.17) is 0 Å². The van der Waals surface area contributed by atoms with Gasteiger partial charge >= 0.3 is 0 Å². The molecule has 2 unspecified atom stereocenters. The van der Waals surface area contributed by atoms with Gasteiger partial charge in [0.15, 0.2) is 0 Å². The number of rotatable bonds is 2. The number of aliphatic hydroxyl groups excluding tert-OH is 1. The predicted molar refractivity (Wildman–Crippen MR) is 68.1 cm³/mol. The van der Waals surface area contributed by atoms with Gasteiger partial charge in [-0.05, 0) is 32.2 Å². The smallest absolute Gasteiger partial charge is 0.0616 e. The molecule has 3 aliphatic rings. The molecule has 0 amide bonds. The van der Waals surface area contributed by atoms with Crippen LogP contribution in [0.25, 0.3) is 0 Å². The van der Waals surface area contributed by atoms with Gasteiger partial charge in [0.25, 0.3) is 0 Å². The van der Waals surface area contributed by atoms with Crippen LogP contribution in [0.5, 0.6) is 0 Å². The number of nitrogens with one attached hydrogen (secondary N) is 1. The topological polar surface area (TPSA) is 38.7 Å². The van der Waals surface area contributed by atoms with E-state index in [1.54, 1.807) is 0 Å². The molecule has 0 radical (unpaired) electrons. The van der Waals surface area contributed by atoms with Crippen LogP contribution < -0.4 is 5.32 Å². The normalized spacial score (nSPS) is 40.4. The summed E-state index contributed by atoms with van der Waals surface area (Å²) in [5, 5.41) is 13.3. The molecular weight excluding hydrogens is 214 g/mol. The van der Waals surface area contributed by atoms with Gasteiger partial charge in [0.05, 0.1) is 6.61 Å². The second-order valence-corrected chi connectivity index (χ2v) is 5.91. The summed E-state index contributed by atoms with van der Waals surface area (Å²) in [5.74, 6) is 0. The summed E-state index contributed by atoms with van der Waals surface area (Å²) in [6.45, 7) is 7.19. The first kappa shape index (κ1) is 11.9. The lowest BCUT2D eigenvalue weighted by Gasteiger charge is -2.51. The summed E-state index contributed by atoms with van der Waals surface area (Å²) in [5.41, 5.74) is 0.0909. The van der Waals surface area contributed by atoms with E-state index < -0.39 is 0 Å². The summed E-state index contributed by atoms with van der Waals surface area (Å²) in [4.78, 5) is 5.19. The third-order valence-electron chi connectivity index (χ3n) is 5.06. The van der Waals surface area contributed by atoms with E-state index in [1.807, 2.05) is 0 Å². The molecule has 0 aromatic heterocycles. The van der Waals surface area contributed by atoms with Crippen LogP contribution in [-0.2, 0) is 0 Å². The fourth-order valence-electron chi connectivity index (χ4n) is 3.98. The van der Waals surface area contributed by atoms with Crippen LogP contribution in [0.2, 0.25) is 0 Å². The Morgan fingerprint density at radius 1 is 1.18 bits per heavy atom. The first-order valence-electron chi connectivity index (χ1n) is 7.15. The van der Waals surface area contributed by atoms with E-state index in [0.717, 1.165) is 38.6 Å². The maximum absolute atomic E-state index is 9.93. The molecule has 3 aliphatic heterocycles. The lowest BCUT2D eigenvalue weighted by molar-refractivity contribution is -0.0372. The molecule has 2 atom stereocenters. The molecule has 3 rings (SSSR count). The molecule has 3 fully saturated rings. The van der Waals surface area contributed by atoms with E-state index in [2.05, 4.69) is 15.1 Å². The molecule has 0 spiro atoms. The molecule has 98 valence electrons. The van der Waals surface area contributed by atoms with E-state index in [1.165, 1.54) is 32.4 Å². The van der Waals surface area contributed by atoms with Gasteiger partial charge in [-0.3, -0.25) is 4.90 Å². The fraction of sp³-hybridized carbons (Fsp3) is 1.00. The lowest BCUT2D eigenvalue weighted by atomic mass is 9.82. The molecular formula is C13H25N3O. The van der Waals surface area contributed by atoms with Crippen LogP contribution in [0.1, 0.15) is 25.7 Å². The van der Waals surface area contributed by atoms with Crippen molar-refractivity contribution in [2.75, 3.05) is 45.9 Å². The summed E-state index contributed by atoms with van der Waals surface area (Å²) in [7, 11) is 0. The first-order chi connectivity index (χ1) is 8.34. The zero-order valence-electron chi connectivity index (χ0n) is 10.7. The van der Waals surface area contributed by atoms with E-state index in [-0.39, 0.29) is 5.54 Å². The number of piperazine rings is 1. The number of piperidine rings is 1. The largest absolute Gasteiger partial charge is 0.394 e. The van der Waals surface area contributed by atoms with Gasteiger partial charge in [-0.15, -0.1) is 0 Å². The minimum atomic E-state index is 0.0909. The van der Waals surface area contributed by atoms with Crippen molar-refractivity contribution >= 4 is 0 Å². The Bertz CT molecular complexity index is 267. The average molecular weight is 239 g/mol. The van der Waals surface area contributed by atoms with Crippen molar-refractivity contribution in [3.63, 3.8) is 0 Å². The van der Waals surface area contributed by atoms with Crippen LogP contribution in [-0.4, -0.2) is 72.4 Å². The molecule has 4 heteroatoms. The van der Waals surface area contributed by atoms with Crippen LogP contribution in [0.3, 0.4) is 0 Å². The number of aliphatic hydroxyl groups is 1. The number of fused-ring (bicyclic) bond motifs is 1. The fourth-order valence-corrected chi connectivity index (χ4v) is 3.98. The average Bonchev–Trinajstić information content (AvgIpc) is 2.86. The Balaban J connectivity index is 1.72. The Hall–Kier alpha value is -0.160. The summed E-state index contributed by atoms with van der Waals surface area (Å²) in [6.07, 6.45) is 5.03. The van der Waals surface area contributed by atoms with Crippen LogP contribution in [0, 0.1) is 0 Å². The molecule has 0 bridgehead atoms. The van der Waals surface area contributed by atoms with Gasteiger partial charge in [0.2, 0.25) is 0 Å². The quantitative estimate of drug-likeness (QED) is 0.705. The van der Waals surface area contributed by atoms with E-state index >= 15 is 0 Å². The summed E-state index contributed by atoms with van der Waals surface area (Å²) >= 11 is 0. The second kappa shape index (κ2) is 4.84. The monoisotopic (exact) mass is 239 g/mol. The highest BCUT2D eigenvalue weighted by atomic mass is 16.3. The van der Waals surface area contributed by atoms with Crippen molar-refractivity contribution in [3.05, 3.63) is 0 Å². The van der Waals surface area contributed by atoms with Crippen LogP contribution in [0.15, 0.2) is 0 Å². The number of nitrogens with zero attached hydrogens (tertiary/aromatic N) is 2. The Kier molecular flexibility index (Phi) is 3.39. The first-order valence-corrected chi connectivity index (χ1v) is 7.15. The van der Waals surface area contributed by atoms with Gasteiger partial charge in [0.1, 0.15) is 0 Å². The molecule has 3 saturated heterocycles. The lowest BCUT2D eigenvalue weighted by Crippen LogP contribution is -2.63. The number of hydrogen-bond acceptors (Lipinski definition) is 4. The van der Waals surface area contributed by atoms with Crippen LogP contribution in [0.4, 0.5) is 0 Å². The maximum atomic E-state index is 9.93. The van der Waals surface area contributed by atoms with Crippen molar-refractivity contribution in [2.24, 2.45) is 0 Å². The Labute approximate surface area is 104 Å². The minimum absolute atomic E-state index is 0.0909. The van der Waals surface area contributed by atoms with Gasteiger partial charge in [-0.2, -0.15) is 0 Å². The molecule has 4 nitrogen and oxygen atoms in total. The molecule has 17 heavy (non-hydrogen) atoms. The van der Waals surface area contributed by atoms with Gasteiger partial charge < -0.3 is 15.3 Å². The third-order valence-corrected chi connectivity index (χ3v) is 5.06. The molecule has 0 aromatic carbocycles. The zero-order chi connectivity index (χ0) is 11.7. The molecule has 0 saturated carbocycles. The van der Waals surface area contributed by atoms with Crippen molar-refractivity contribution in [1.29, 1.82) is 0 Å². The predicted octanol–water partition coefficient (Wildman–Crippen LogP) is -0.119. The molecule has 0 aromatic rings. The molecule has 3 heterocycles. The van der Waals surface area contributed by atoms with Crippen molar-refractivity contribution in [1.82, 2.24) is 15.1 Å². The molecule has 0 aliphatic carbocycles. The number of hydrogen-bond donors (Lipinski definition) is 2. The van der Waals surface area contributed by atoms with Crippen molar-refractivity contribution in [2.45, 2.75) is 37.3 Å². The zero-order valence-corrected chi connectivity index (χ0v) is 10.7. The van der Waals surface area contributed by atoms with Crippen molar-refractivity contribution < 1.29 is 5.11 Å². The highest BCUT2D eigenvalue weighted by Crippen LogP contribution is 2.36. The summed E-state index contributed by atoms with van der Waals surface area (Å²) in [6, 6.07) is 0.741. The third kappa shape index (κ3) is 2.12. The second-order valence-electron chi connectivity index (χ2n) is 5.91. The van der Waals surface area contributed by atoms with Crippen LogP contribution >= 0.6 is 0 Å². The Morgan fingerprint density at radius 2 is 2.00 bits per heavy atom. The van der Waals surface area contributed by atoms with Gasteiger partial charge in [0, 0.05) is 44.3 Å². The highest BCUT2D eigenvalue weighted by Gasteiger charge is 2.44. The molecule has 2 N–H and O–H groups in total. The SMILES string of the molecule is OCC1(N2CCNCC2)CCN2CCCC2C1. The summed E-state index contributed by atoms with van der Waals surface area (Å²) < 4.78 is 0. The van der Waals surface area contributed by atoms with Gasteiger partial charge in [-0.1, -0.05) is 0 Å². The van der Waals surface area contributed by atoms with Crippen molar-refractivity contribution in [3.8, 4) is 0 Å². The van der Waals surface area contributed by atoms with E-state index in [9.17, 15) is 5.11 Å².